The SMILES string of the molecule is COc1cccc(OC)c1-c1cc(C(=O)NCC(=O)O)nn1-c1ccc(C(=O)N(C)CCCN(C)C)cc1C(C)C.Cl. The number of benzene rings is 2. The highest BCUT2D eigenvalue weighted by Crippen LogP contribution is 2.40. The second kappa shape index (κ2) is 15.2. The first-order valence-electron chi connectivity index (χ1n) is 13.3. The number of carboxylic acids is 1. The van der Waals surface area contributed by atoms with E-state index >= 15 is 0 Å². The number of carbonyl (C=O) groups is 3. The number of halogens is 1. The third-order valence-corrected chi connectivity index (χ3v) is 6.60. The molecule has 0 bridgehead atoms. The van der Waals surface area contributed by atoms with Gasteiger partial charge in [0, 0.05) is 19.2 Å². The molecular weight excluding hydrogens is 562 g/mol. The van der Waals surface area contributed by atoms with Crippen molar-refractivity contribution < 1.29 is 29.0 Å². The van der Waals surface area contributed by atoms with Gasteiger partial charge in [0.1, 0.15) is 18.0 Å². The zero-order valence-corrected chi connectivity index (χ0v) is 25.9. The first-order chi connectivity index (χ1) is 19.5. The van der Waals surface area contributed by atoms with E-state index in [2.05, 4.69) is 15.3 Å². The number of hydrogen-bond acceptors (Lipinski definition) is 7. The fraction of sp³-hybridized carbons (Fsp3) is 0.400. The number of carboxylic acid groups (broad SMARTS) is 1. The van der Waals surface area contributed by atoms with Crippen LogP contribution in [0.15, 0.2) is 42.5 Å². The fourth-order valence-electron chi connectivity index (χ4n) is 4.49. The summed E-state index contributed by atoms with van der Waals surface area (Å²) in [6.45, 7) is 4.99. The molecule has 0 spiro atoms. The average molecular weight is 602 g/mol. The van der Waals surface area contributed by atoms with E-state index in [1.54, 1.807) is 47.0 Å². The maximum Gasteiger partial charge on any atom is 0.322 e. The van der Waals surface area contributed by atoms with Crippen LogP contribution in [0.3, 0.4) is 0 Å². The van der Waals surface area contributed by atoms with Crippen LogP contribution in [-0.4, -0.2) is 97.5 Å². The number of rotatable bonds is 13. The van der Waals surface area contributed by atoms with E-state index < -0.39 is 18.4 Å². The molecule has 12 heteroatoms. The molecule has 1 aromatic heterocycles. The Morgan fingerprint density at radius 2 is 1.64 bits per heavy atom. The van der Waals surface area contributed by atoms with Crippen LogP contribution in [0.25, 0.3) is 16.9 Å². The van der Waals surface area contributed by atoms with E-state index in [0.29, 0.717) is 40.6 Å². The number of aliphatic carboxylic acids is 1. The number of hydrogen-bond donors (Lipinski definition) is 2. The van der Waals surface area contributed by atoms with Gasteiger partial charge in [0.05, 0.1) is 31.2 Å². The predicted octanol–water partition coefficient (Wildman–Crippen LogP) is 3.94. The van der Waals surface area contributed by atoms with Gasteiger partial charge in [-0.2, -0.15) is 5.10 Å². The van der Waals surface area contributed by atoms with Crippen molar-refractivity contribution in [2.45, 2.75) is 26.2 Å². The largest absolute Gasteiger partial charge is 0.496 e. The lowest BCUT2D eigenvalue weighted by atomic mass is 9.97. The molecule has 0 aliphatic rings. The van der Waals surface area contributed by atoms with Crippen LogP contribution >= 0.6 is 12.4 Å². The molecule has 0 aliphatic heterocycles. The van der Waals surface area contributed by atoms with E-state index in [1.807, 2.05) is 40.1 Å². The highest BCUT2D eigenvalue weighted by Gasteiger charge is 2.25. The Morgan fingerprint density at radius 3 is 2.19 bits per heavy atom. The van der Waals surface area contributed by atoms with Gasteiger partial charge in [0.2, 0.25) is 0 Å². The molecule has 42 heavy (non-hydrogen) atoms. The van der Waals surface area contributed by atoms with Crippen LogP contribution in [0.4, 0.5) is 0 Å². The smallest absolute Gasteiger partial charge is 0.322 e. The van der Waals surface area contributed by atoms with Crippen LogP contribution in [0.2, 0.25) is 0 Å². The molecular formula is C30H40ClN5O6. The lowest BCUT2D eigenvalue weighted by molar-refractivity contribution is -0.135. The fourth-order valence-corrected chi connectivity index (χ4v) is 4.49. The van der Waals surface area contributed by atoms with Gasteiger partial charge in [0.15, 0.2) is 5.69 Å². The number of carbonyl (C=O) groups excluding carboxylic acids is 2. The van der Waals surface area contributed by atoms with Gasteiger partial charge in [-0.3, -0.25) is 14.4 Å². The first kappa shape index (κ1) is 34.1. The van der Waals surface area contributed by atoms with E-state index in [9.17, 15) is 14.4 Å². The highest BCUT2D eigenvalue weighted by molar-refractivity contribution is 5.96. The summed E-state index contributed by atoms with van der Waals surface area (Å²) in [6, 6.07) is 12.3. The van der Waals surface area contributed by atoms with Crippen molar-refractivity contribution in [2.24, 2.45) is 0 Å². The van der Waals surface area contributed by atoms with Crippen molar-refractivity contribution in [1.82, 2.24) is 24.9 Å². The Balaban J connectivity index is 0.00000616. The van der Waals surface area contributed by atoms with E-state index in [4.69, 9.17) is 14.6 Å². The van der Waals surface area contributed by atoms with E-state index in [0.717, 1.165) is 18.5 Å². The average Bonchev–Trinajstić information content (AvgIpc) is 3.39. The van der Waals surface area contributed by atoms with Gasteiger partial charge in [-0.05, 0) is 74.9 Å². The van der Waals surface area contributed by atoms with E-state index in [1.165, 1.54) is 14.2 Å². The number of nitrogens with zero attached hydrogens (tertiary/aromatic N) is 4. The molecule has 2 amide bonds. The molecule has 0 fully saturated rings. The van der Waals surface area contributed by atoms with Crippen LogP contribution < -0.4 is 14.8 Å². The zero-order valence-electron chi connectivity index (χ0n) is 25.1. The minimum absolute atomic E-state index is 0. The minimum atomic E-state index is -1.17. The molecule has 3 aromatic rings. The summed E-state index contributed by atoms with van der Waals surface area (Å²) in [6.07, 6.45) is 0.856. The number of methoxy groups -OCH3 is 2. The quantitative estimate of drug-likeness (QED) is 0.302. The van der Waals surface area contributed by atoms with Crippen molar-refractivity contribution in [3.8, 4) is 28.4 Å². The summed E-state index contributed by atoms with van der Waals surface area (Å²) in [5.41, 5.74) is 3.14. The normalized spacial score (nSPS) is 10.8. The van der Waals surface area contributed by atoms with Gasteiger partial charge in [-0.1, -0.05) is 19.9 Å². The lowest BCUT2D eigenvalue weighted by Crippen LogP contribution is -2.30. The molecule has 2 aromatic carbocycles. The van der Waals surface area contributed by atoms with Crippen LogP contribution in [0.1, 0.15) is 52.6 Å². The highest BCUT2D eigenvalue weighted by atomic mass is 35.5. The molecule has 3 rings (SSSR count). The Labute approximate surface area is 252 Å². The van der Waals surface area contributed by atoms with Gasteiger partial charge >= 0.3 is 5.97 Å². The predicted molar refractivity (Wildman–Crippen MR) is 164 cm³/mol. The van der Waals surface area contributed by atoms with Crippen molar-refractivity contribution in [3.05, 3.63) is 59.3 Å². The molecule has 0 unspecified atom stereocenters. The molecule has 0 radical (unpaired) electrons. The molecule has 11 nitrogen and oxygen atoms in total. The third kappa shape index (κ3) is 8.01. The summed E-state index contributed by atoms with van der Waals surface area (Å²) in [7, 11) is 8.87. The molecule has 228 valence electrons. The first-order valence-corrected chi connectivity index (χ1v) is 13.3. The summed E-state index contributed by atoms with van der Waals surface area (Å²) in [5.74, 6) is -0.895. The second-order valence-corrected chi connectivity index (χ2v) is 10.3. The second-order valence-electron chi connectivity index (χ2n) is 10.3. The van der Waals surface area contributed by atoms with Crippen molar-refractivity contribution in [2.75, 3.05) is 55.0 Å². The topological polar surface area (TPSA) is 126 Å². The third-order valence-electron chi connectivity index (χ3n) is 6.60. The van der Waals surface area contributed by atoms with Crippen molar-refractivity contribution in [1.29, 1.82) is 0 Å². The van der Waals surface area contributed by atoms with Gasteiger partial charge in [-0.25, -0.2) is 4.68 Å². The van der Waals surface area contributed by atoms with Gasteiger partial charge in [0.25, 0.3) is 11.8 Å². The van der Waals surface area contributed by atoms with Gasteiger partial charge in [-0.15, -0.1) is 12.4 Å². The number of aromatic nitrogens is 2. The Kier molecular flexibility index (Phi) is 12.4. The molecule has 2 N–H and O–H groups in total. The molecule has 1 heterocycles. The Hall–Kier alpha value is -4.09. The van der Waals surface area contributed by atoms with Crippen LogP contribution in [0, 0.1) is 0 Å². The van der Waals surface area contributed by atoms with Crippen LogP contribution in [-0.2, 0) is 4.79 Å². The Morgan fingerprint density at radius 1 is 1.00 bits per heavy atom. The lowest BCUT2D eigenvalue weighted by Gasteiger charge is -2.21. The maximum atomic E-state index is 13.3. The minimum Gasteiger partial charge on any atom is -0.496 e. The number of amides is 2. The van der Waals surface area contributed by atoms with Gasteiger partial charge < -0.3 is 29.7 Å². The summed E-state index contributed by atoms with van der Waals surface area (Å²) < 4.78 is 12.9. The monoisotopic (exact) mass is 601 g/mol. The molecule has 0 aliphatic carbocycles. The molecule has 0 atom stereocenters. The standard InChI is InChI=1S/C30H39N5O6.ClH/c1-19(2)21-16-20(30(39)34(5)15-9-14-33(3)4)12-13-23(21)35-24(17-22(32-35)29(38)31-18-27(36)37)28-25(40-6)10-8-11-26(28)41-7;/h8,10-13,16-17,19H,9,14-15,18H2,1-7H3,(H,31,38)(H,36,37);1H. The van der Waals surface area contributed by atoms with Crippen molar-refractivity contribution in [3.63, 3.8) is 0 Å². The number of ether oxygens (including phenoxy) is 2. The summed E-state index contributed by atoms with van der Waals surface area (Å²) in [5, 5.41) is 16.0. The zero-order chi connectivity index (χ0) is 30.3. The van der Waals surface area contributed by atoms with E-state index in [-0.39, 0.29) is 29.9 Å². The van der Waals surface area contributed by atoms with Crippen LogP contribution in [0.5, 0.6) is 11.5 Å². The number of nitrogens with one attached hydrogen (secondary N) is 1. The Bertz CT molecular complexity index is 1380. The summed E-state index contributed by atoms with van der Waals surface area (Å²) >= 11 is 0. The summed E-state index contributed by atoms with van der Waals surface area (Å²) in [4.78, 5) is 41.0. The maximum absolute atomic E-state index is 13.3. The molecule has 0 saturated heterocycles. The molecule has 0 saturated carbocycles. The van der Waals surface area contributed by atoms with Crippen molar-refractivity contribution >= 4 is 30.2 Å².